The zero-order valence-corrected chi connectivity index (χ0v) is 20.0. The monoisotopic (exact) mass is 426 g/mol. The van der Waals surface area contributed by atoms with Crippen LogP contribution in [0.4, 0.5) is 4.79 Å². The second-order valence-electron chi connectivity index (χ2n) is 10.3. The lowest BCUT2D eigenvalue weighted by molar-refractivity contribution is -0.124. The number of hydrogen-bond acceptors (Lipinski definition) is 5. The molecule has 8 nitrogen and oxygen atoms in total. The first-order valence-electron chi connectivity index (χ1n) is 11.0. The first kappa shape index (κ1) is 26.2. The minimum atomic E-state index is -0.519. The summed E-state index contributed by atoms with van der Waals surface area (Å²) in [6.45, 7) is 14.8. The van der Waals surface area contributed by atoms with Crippen LogP contribution in [0.15, 0.2) is 0 Å². The van der Waals surface area contributed by atoms with Crippen LogP contribution in [0.3, 0.4) is 0 Å². The number of carbonyl (C=O) groups is 3. The van der Waals surface area contributed by atoms with Crippen LogP contribution < -0.4 is 10.6 Å². The molecule has 1 aliphatic heterocycles. The Bertz CT molecular complexity index is 573. The van der Waals surface area contributed by atoms with Crippen molar-refractivity contribution in [3.05, 3.63) is 0 Å². The number of likely N-dealkylation sites (tertiary alicyclic amines) is 1. The van der Waals surface area contributed by atoms with Gasteiger partial charge in [-0.1, -0.05) is 0 Å². The van der Waals surface area contributed by atoms with Crippen LogP contribution in [-0.2, 0) is 14.3 Å². The van der Waals surface area contributed by atoms with E-state index in [0.29, 0.717) is 38.4 Å². The van der Waals surface area contributed by atoms with Gasteiger partial charge in [-0.05, 0) is 79.8 Å². The summed E-state index contributed by atoms with van der Waals surface area (Å²) in [5.74, 6) is 0.519. The van der Waals surface area contributed by atoms with Crippen molar-refractivity contribution in [2.75, 3.05) is 39.8 Å². The summed E-state index contributed by atoms with van der Waals surface area (Å²) in [7, 11) is 1.68. The van der Waals surface area contributed by atoms with Crippen LogP contribution in [0, 0.1) is 5.92 Å². The molecule has 0 unspecified atom stereocenters. The average Bonchev–Trinajstić information content (AvgIpc) is 2.57. The Morgan fingerprint density at radius 2 is 1.63 bits per heavy atom. The van der Waals surface area contributed by atoms with Crippen molar-refractivity contribution in [2.24, 2.45) is 5.92 Å². The van der Waals surface area contributed by atoms with Crippen LogP contribution in [0.25, 0.3) is 0 Å². The third-order valence-corrected chi connectivity index (χ3v) is 4.78. The lowest BCUT2D eigenvalue weighted by Crippen LogP contribution is -2.48. The maximum atomic E-state index is 12.1. The van der Waals surface area contributed by atoms with Crippen molar-refractivity contribution < 1.29 is 19.1 Å². The fourth-order valence-electron chi connectivity index (χ4n) is 3.26. The van der Waals surface area contributed by atoms with Crippen molar-refractivity contribution in [1.82, 2.24) is 20.4 Å². The molecule has 0 saturated carbocycles. The maximum Gasteiger partial charge on any atom is 0.410 e. The highest BCUT2D eigenvalue weighted by Crippen LogP contribution is 2.16. The number of rotatable bonds is 8. The van der Waals surface area contributed by atoms with E-state index >= 15 is 0 Å². The quantitative estimate of drug-likeness (QED) is 0.622. The summed E-state index contributed by atoms with van der Waals surface area (Å²) in [4.78, 5) is 39.7. The van der Waals surface area contributed by atoms with Gasteiger partial charge in [-0.25, -0.2) is 4.79 Å². The fraction of sp³-hybridized carbons (Fsp3) is 0.864. The molecule has 1 aliphatic rings. The highest BCUT2D eigenvalue weighted by molar-refractivity contribution is 5.78. The lowest BCUT2D eigenvalue weighted by Gasteiger charge is -2.32. The molecule has 2 N–H and O–H groups in total. The number of ether oxygens (including phenoxy) is 1. The third-order valence-electron chi connectivity index (χ3n) is 4.78. The smallest absolute Gasteiger partial charge is 0.410 e. The molecule has 1 saturated heterocycles. The van der Waals surface area contributed by atoms with Crippen molar-refractivity contribution in [1.29, 1.82) is 0 Å². The van der Waals surface area contributed by atoms with Gasteiger partial charge in [0.1, 0.15) is 5.60 Å². The van der Waals surface area contributed by atoms with E-state index in [1.807, 2.05) is 41.5 Å². The summed E-state index contributed by atoms with van der Waals surface area (Å²) in [6, 6.07) is 0. The van der Waals surface area contributed by atoms with Crippen LogP contribution in [0.1, 0.15) is 67.2 Å². The summed E-state index contributed by atoms with van der Waals surface area (Å²) < 4.78 is 5.30. The first-order chi connectivity index (χ1) is 13.7. The van der Waals surface area contributed by atoms with E-state index in [1.54, 1.807) is 7.05 Å². The minimum Gasteiger partial charge on any atom is -0.444 e. The zero-order valence-electron chi connectivity index (χ0n) is 20.0. The summed E-state index contributed by atoms with van der Waals surface area (Å²) in [5, 5.41) is 6.00. The molecule has 0 radical (unpaired) electrons. The van der Waals surface area contributed by atoms with Crippen LogP contribution in [0.5, 0.6) is 0 Å². The number of carbonyl (C=O) groups excluding carboxylic acids is 3. The number of amides is 3. The van der Waals surface area contributed by atoms with Gasteiger partial charge in [0, 0.05) is 32.1 Å². The van der Waals surface area contributed by atoms with Gasteiger partial charge in [0.2, 0.25) is 11.8 Å². The van der Waals surface area contributed by atoms with Gasteiger partial charge in [0.25, 0.3) is 0 Å². The van der Waals surface area contributed by atoms with Gasteiger partial charge in [-0.3, -0.25) is 14.5 Å². The lowest BCUT2D eigenvalue weighted by atomic mass is 9.96. The maximum absolute atomic E-state index is 12.1. The van der Waals surface area contributed by atoms with E-state index in [9.17, 15) is 14.4 Å². The number of hydrogen-bond donors (Lipinski definition) is 2. The van der Waals surface area contributed by atoms with E-state index < -0.39 is 5.60 Å². The topological polar surface area (TPSA) is 91.0 Å². The Morgan fingerprint density at radius 3 is 2.17 bits per heavy atom. The molecule has 1 heterocycles. The summed E-state index contributed by atoms with van der Waals surface area (Å²) in [6.07, 6.45) is 2.57. The molecule has 0 bridgehead atoms. The van der Waals surface area contributed by atoms with E-state index in [1.165, 1.54) is 4.90 Å². The number of nitrogens with one attached hydrogen (secondary N) is 2. The molecule has 8 heteroatoms. The van der Waals surface area contributed by atoms with Gasteiger partial charge in [-0.15, -0.1) is 0 Å². The predicted molar refractivity (Wildman–Crippen MR) is 118 cm³/mol. The van der Waals surface area contributed by atoms with E-state index in [2.05, 4.69) is 15.5 Å². The Hall–Kier alpha value is -1.83. The van der Waals surface area contributed by atoms with Crippen molar-refractivity contribution in [3.63, 3.8) is 0 Å². The largest absolute Gasteiger partial charge is 0.444 e. The molecule has 0 aromatic rings. The number of nitrogens with zero attached hydrogens (tertiary/aromatic N) is 2. The van der Waals surface area contributed by atoms with E-state index in [0.717, 1.165) is 25.9 Å². The van der Waals surface area contributed by atoms with Gasteiger partial charge in [0.05, 0.1) is 6.54 Å². The molecular formula is C22H42N4O4. The Kier molecular flexibility index (Phi) is 10.1. The molecule has 30 heavy (non-hydrogen) atoms. The molecule has 0 aliphatic carbocycles. The Morgan fingerprint density at radius 1 is 1.03 bits per heavy atom. The Balaban J connectivity index is 2.17. The highest BCUT2D eigenvalue weighted by Gasteiger charge is 2.23. The normalized spacial score (nSPS) is 16.1. The van der Waals surface area contributed by atoms with Crippen molar-refractivity contribution in [3.8, 4) is 0 Å². The Labute approximate surface area is 182 Å². The van der Waals surface area contributed by atoms with E-state index in [4.69, 9.17) is 4.74 Å². The molecular weight excluding hydrogens is 384 g/mol. The molecule has 0 atom stereocenters. The standard InChI is InChI=1S/C22H42N4O4/c1-21(2,3)24-19(28)16-26-13-10-17(11-14-26)15-23-18(27)9-8-12-25(7)20(29)30-22(4,5)6/h17H,8-16H2,1-7H3,(H,23,27)(H,24,28). The number of piperidine rings is 1. The average molecular weight is 427 g/mol. The second kappa shape index (κ2) is 11.5. The van der Waals surface area contributed by atoms with Gasteiger partial charge < -0.3 is 20.3 Å². The molecule has 1 rings (SSSR count). The summed E-state index contributed by atoms with van der Waals surface area (Å²) in [5.41, 5.74) is -0.726. The first-order valence-corrected chi connectivity index (χ1v) is 11.0. The second-order valence-corrected chi connectivity index (χ2v) is 10.3. The SMILES string of the molecule is CN(CCCC(=O)NCC1CCN(CC(=O)NC(C)(C)C)CC1)C(=O)OC(C)(C)C. The minimum absolute atomic E-state index is 0.0135. The van der Waals surface area contributed by atoms with E-state index in [-0.39, 0.29) is 23.4 Å². The zero-order chi connectivity index (χ0) is 22.9. The van der Waals surface area contributed by atoms with Gasteiger partial charge in [0.15, 0.2) is 0 Å². The van der Waals surface area contributed by atoms with Crippen LogP contribution in [0.2, 0.25) is 0 Å². The summed E-state index contributed by atoms with van der Waals surface area (Å²) >= 11 is 0. The van der Waals surface area contributed by atoms with Gasteiger partial charge in [-0.2, -0.15) is 0 Å². The molecule has 0 aromatic heterocycles. The third kappa shape index (κ3) is 12.0. The van der Waals surface area contributed by atoms with Gasteiger partial charge >= 0.3 is 6.09 Å². The van der Waals surface area contributed by atoms with Crippen molar-refractivity contribution in [2.45, 2.75) is 78.4 Å². The molecule has 174 valence electrons. The molecule has 0 aromatic carbocycles. The van der Waals surface area contributed by atoms with Crippen LogP contribution >= 0.6 is 0 Å². The fourth-order valence-corrected chi connectivity index (χ4v) is 3.26. The highest BCUT2D eigenvalue weighted by atomic mass is 16.6. The molecule has 1 fully saturated rings. The predicted octanol–water partition coefficient (Wildman–Crippen LogP) is 2.38. The molecule has 3 amide bonds. The molecule has 0 spiro atoms. The van der Waals surface area contributed by atoms with Crippen molar-refractivity contribution >= 4 is 17.9 Å². The van der Waals surface area contributed by atoms with Crippen LogP contribution in [-0.4, -0.2) is 78.6 Å².